The molecule has 0 amide bonds. The molecule has 0 aliphatic carbocycles. The van der Waals surface area contributed by atoms with Gasteiger partial charge in [-0.3, -0.25) is 0 Å². The first-order valence-electron chi connectivity index (χ1n) is 4.86. The van der Waals surface area contributed by atoms with Gasteiger partial charge in [0.1, 0.15) is 0 Å². The largest absolute Gasteiger partial charge is 0.371 e. The van der Waals surface area contributed by atoms with Gasteiger partial charge in [0, 0.05) is 13.2 Å². The van der Waals surface area contributed by atoms with Gasteiger partial charge in [-0.05, 0) is 11.8 Å². The molecule has 3 heteroatoms. The molecule has 0 fully saturated rings. The Balaban J connectivity index is 2.92. The summed E-state index contributed by atoms with van der Waals surface area (Å²) in [5.41, 5.74) is 0. The molecule has 0 atom stereocenters. The van der Waals surface area contributed by atoms with Gasteiger partial charge >= 0.3 is 0 Å². The molecule has 0 saturated heterocycles. The highest BCUT2D eigenvalue weighted by Crippen LogP contribution is 2.04. The lowest BCUT2D eigenvalue weighted by Gasteiger charge is -2.08. The molecular weight excluding hydrogens is 184 g/mol. The zero-order valence-corrected chi connectivity index (χ0v) is 10.0. The van der Waals surface area contributed by atoms with Crippen LogP contribution in [-0.4, -0.2) is 25.1 Å². The molecule has 0 unspecified atom stereocenters. The van der Waals surface area contributed by atoms with E-state index < -0.39 is 0 Å². The van der Waals surface area contributed by atoms with E-state index in [-0.39, 0.29) is 0 Å². The Morgan fingerprint density at radius 1 is 0.846 bits per heavy atom. The fraction of sp³-hybridized carbons (Fsp3) is 1.00. The highest BCUT2D eigenvalue weighted by Gasteiger charge is 1.95. The van der Waals surface area contributed by atoms with Crippen LogP contribution in [0.1, 0.15) is 27.7 Å². The molecule has 2 nitrogen and oxygen atoms in total. The van der Waals surface area contributed by atoms with E-state index in [4.69, 9.17) is 9.47 Å². The summed E-state index contributed by atoms with van der Waals surface area (Å²) in [5.74, 6) is 2.74. The van der Waals surface area contributed by atoms with Crippen LogP contribution in [0.4, 0.5) is 0 Å². The van der Waals surface area contributed by atoms with E-state index in [0.29, 0.717) is 11.8 Å². The lowest BCUT2D eigenvalue weighted by Crippen LogP contribution is -2.04. The molecule has 0 aromatic carbocycles. The summed E-state index contributed by atoms with van der Waals surface area (Å²) in [5, 5.41) is 0. The first-order valence-corrected chi connectivity index (χ1v) is 6.01. The number of hydrogen-bond donors (Lipinski definition) is 0. The predicted octanol–water partition coefficient (Wildman–Crippen LogP) is 2.98. The molecule has 80 valence electrons. The normalized spacial score (nSPS) is 11.5. The van der Waals surface area contributed by atoms with Crippen LogP contribution >= 0.6 is 11.8 Å². The molecule has 0 saturated carbocycles. The van der Waals surface area contributed by atoms with E-state index in [0.717, 1.165) is 25.1 Å². The van der Waals surface area contributed by atoms with Crippen LogP contribution in [0.2, 0.25) is 0 Å². The Labute approximate surface area is 86.4 Å². The van der Waals surface area contributed by atoms with Crippen molar-refractivity contribution in [2.75, 3.05) is 25.1 Å². The van der Waals surface area contributed by atoms with E-state index in [1.165, 1.54) is 0 Å². The number of thioether (sulfide) groups is 1. The monoisotopic (exact) mass is 206 g/mol. The molecule has 0 heterocycles. The first kappa shape index (κ1) is 13.3. The van der Waals surface area contributed by atoms with Crippen molar-refractivity contribution in [3.63, 3.8) is 0 Å². The number of ether oxygens (including phenoxy) is 2. The van der Waals surface area contributed by atoms with Crippen molar-refractivity contribution in [2.24, 2.45) is 11.8 Å². The minimum atomic E-state index is 0.622. The molecule has 13 heavy (non-hydrogen) atoms. The van der Waals surface area contributed by atoms with E-state index in [9.17, 15) is 0 Å². The summed E-state index contributed by atoms with van der Waals surface area (Å²) in [6.07, 6.45) is 0. The second-order valence-electron chi connectivity index (χ2n) is 3.97. The molecule has 0 aromatic rings. The maximum atomic E-state index is 5.39. The van der Waals surface area contributed by atoms with Crippen LogP contribution in [0.3, 0.4) is 0 Å². The molecule has 0 spiro atoms. The average Bonchev–Trinajstić information content (AvgIpc) is 2.01. The van der Waals surface area contributed by atoms with E-state index in [1.54, 1.807) is 11.8 Å². The lowest BCUT2D eigenvalue weighted by atomic mass is 10.2. The molecule has 0 rings (SSSR count). The quantitative estimate of drug-likeness (QED) is 0.449. The highest BCUT2D eigenvalue weighted by atomic mass is 32.2. The SMILES string of the molecule is CC(C)COCSCOCC(C)C. The van der Waals surface area contributed by atoms with Gasteiger partial charge in [-0.25, -0.2) is 0 Å². The van der Waals surface area contributed by atoms with Crippen molar-refractivity contribution in [2.45, 2.75) is 27.7 Å². The van der Waals surface area contributed by atoms with Gasteiger partial charge in [0.25, 0.3) is 0 Å². The van der Waals surface area contributed by atoms with Crippen molar-refractivity contribution >= 4 is 11.8 Å². The molecule has 0 N–H and O–H groups in total. The highest BCUT2D eigenvalue weighted by molar-refractivity contribution is 7.98. The van der Waals surface area contributed by atoms with Crippen LogP contribution in [0, 0.1) is 11.8 Å². The van der Waals surface area contributed by atoms with Crippen LogP contribution in [0.15, 0.2) is 0 Å². The molecule has 0 radical (unpaired) electrons. The van der Waals surface area contributed by atoms with E-state index in [1.807, 2.05) is 0 Å². The van der Waals surface area contributed by atoms with Gasteiger partial charge in [-0.15, -0.1) is 11.8 Å². The fourth-order valence-electron chi connectivity index (χ4n) is 0.720. The first-order chi connectivity index (χ1) is 6.13. The van der Waals surface area contributed by atoms with Gasteiger partial charge in [0.05, 0.1) is 11.9 Å². The minimum absolute atomic E-state index is 0.622. The Morgan fingerprint density at radius 3 is 1.54 bits per heavy atom. The summed E-state index contributed by atoms with van der Waals surface area (Å²) in [6.45, 7) is 10.3. The maximum Gasteiger partial charge on any atom is 0.0943 e. The van der Waals surface area contributed by atoms with Crippen LogP contribution in [0.25, 0.3) is 0 Å². The molecule has 0 bridgehead atoms. The van der Waals surface area contributed by atoms with Crippen molar-refractivity contribution < 1.29 is 9.47 Å². The van der Waals surface area contributed by atoms with Crippen LogP contribution in [-0.2, 0) is 9.47 Å². The predicted molar refractivity (Wildman–Crippen MR) is 58.9 cm³/mol. The van der Waals surface area contributed by atoms with Gasteiger partial charge in [-0.2, -0.15) is 0 Å². The Hall–Kier alpha value is 0.270. The lowest BCUT2D eigenvalue weighted by molar-refractivity contribution is 0.139. The molecule has 0 aliphatic rings. The zero-order valence-electron chi connectivity index (χ0n) is 9.21. The smallest absolute Gasteiger partial charge is 0.0943 e. The van der Waals surface area contributed by atoms with Gasteiger partial charge < -0.3 is 9.47 Å². The third-order valence-electron chi connectivity index (χ3n) is 1.24. The summed E-state index contributed by atoms with van der Waals surface area (Å²) in [7, 11) is 0. The van der Waals surface area contributed by atoms with E-state index >= 15 is 0 Å². The number of hydrogen-bond acceptors (Lipinski definition) is 3. The minimum Gasteiger partial charge on any atom is -0.371 e. The Morgan fingerprint density at radius 2 is 1.23 bits per heavy atom. The molecule has 0 aliphatic heterocycles. The second kappa shape index (κ2) is 8.85. The Kier molecular flexibility index (Phi) is 9.03. The molecular formula is C10H22O2S. The van der Waals surface area contributed by atoms with Crippen molar-refractivity contribution in [3.8, 4) is 0 Å². The standard InChI is InChI=1S/C10H22O2S/c1-9(2)5-11-7-13-8-12-6-10(3)4/h9-10H,5-8H2,1-4H3. The van der Waals surface area contributed by atoms with Crippen molar-refractivity contribution in [3.05, 3.63) is 0 Å². The maximum absolute atomic E-state index is 5.39. The van der Waals surface area contributed by atoms with Gasteiger partial charge in [0.15, 0.2) is 0 Å². The summed E-state index contributed by atoms with van der Waals surface area (Å²) >= 11 is 1.69. The third kappa shape index (κ3) is 12.3. The van der Waals surface area contributed by atoms with Gasteiger partial charge in [0.2, 0.25) is 0 Å². The van der Waals surface area contributed by atoms with Crippen LogP contribution < -0.4 is 0 Å². The fourth-order valence-corrected chi connectivity index (χ4v) is 1.22. The van der Waals surface area contributed by atoms with E-state index in [2.05, 4.69) is 27.7 Å². The average molecular weight is 206 g/mol. The van der Waals surface area contributed by atoms with Crippen molar-refractivity contribution in [1.29, 1.82) is 0 Å². The summed E-state index contributed by atoms with van der Waals surface area (Å²) in [6, 6.07) is 0. The second-order valence-corrected chi connectivity index (χ2v) is 4.85. The Bertz CT molecular complexity index is 93.1. The molecule has 0 aromatic heterocycles. The van der Waals surface area contributed by atoms with Gasteiger partial charge in [-0.1, -0.05) is 27.7 Å². The number of rotatable bonds is 8. The zero-order chi connectivity index (χ0) is 10.1. The topological polar surface area (TPSA) is 18.5 Å². The summed E-state index contributed by atoms with van der Waals surface area (Å²) < 4.78 is 10.8. The summed E-state index contributed by atoms with van der Waals surface area (Å²) in [4.78, 5) is 0. The van der Waals surface area contributed by atoms with Crippen molar-refractivity contribution in [1.82, 2.24) is 0 Å². The van der Waals surface area contributed by atoms with Crippen LogP contribution in [0.5, 0.6) is 0 Å². The third-order valence-corrected chi connectivity index (χ3v) is 1.90.